The number of hydrogen-bond donors (Lipinski definition) is 1. The second kappa shape index (κ2) is 10.3. The summed E-state index contributed by atoms with van der Waals surface area (Å²) in [5, 5.41) is 10.6. The van der Waals surface area contributed by atoms with Crippen molar-refractivity contribution >= 4 is 5.78 Å². The molecular formula is C27H29NO4. The molecule has 5 nitrogen and oxygen atoms in total. The van der Waals surface area contributed by atoms with Crippen LogP contribution in [0.2, 0.25) is 0 Å². The number of phenolic OH excluding ortho intramolecular Hbond substituents is 1. The van der Waals surface area contributed by atoms with Crippen LogP contribution in [0.25, 0.3) is 0 Å². The monoisotopic (exact) mass is 431 g/mol. The molecule has 0 amide bonds. The summed E-state index contributed by atoms with van der Waals surface area (Å²) in [7, 11) is 0. The SMILES string of the molecule is Cc1c(OCc2cccc(COc3ccccn3)c2)ccc(C(=O)CC2CCCC2)c1O. The van der Waals surface area contributed by atoms with Crippen LogP contribution in [0.3, 0.4) is 0 Å². The summed E-state index contributed by atoms with van der Waals surface area (Å²) in [5.41, 5.74) is 3.00. The number of carbonyl (C=O) groups is 1. The van der Waals surface area contributed by atoms with Gasteiger partial charge in [-0.2, -0.15) is 0 Å². The first-order valence-electron chi connectivity index (χ1n) is 11.2. The summed E-state index contributed by atoms with van der Waals surface area (Å²) in [6.07, 6.45) is 6.83. The first-order valence-corrected chi connectivity index (χ1v) is 11.2. The van der Waals surface area contributed by atoms with Crippen molar-refractivity contribution in [3.63, 3.8) is 0 Å². The first-order chi connectivity index (χ1) is 15.6. The van der Waals surface area contributed by atoms with Gasteiger partial charge in [0.25, 0.3) is 0 Å². The van der Waals surface area contributed by atoms with Crippen molar-refractivity contribution in [3.8, 4) is 17.4 Å². The average molecular weight is 432 g/mol. The van der Waals surface area contributed by atoms with E-state index in [-0.39, 0.29) is 11.5 Å². The molecule has 1 N–H and O–H groups in total. The van der Waals surface area contributed by atoms with Crippen molar-refractivity contribution in [3.05, 3.63) is 83.0 Å². The highest BCUT2D eigenvalue weighted by atomic mass is 16.5. The first kappa shape index (κ1) is 21.9. The van der Waals surface area contributed by atoms with Gasteiger partial charge in [0.15, 0.2) is 5.78 Å². The summed E-state index contributed by atoms with van der Waals surface area (Å²) < 4.78 is 11.7. The largest absolute Gasteiger partial charge is 0.507 e. The highest BCUT2D eigenvalue weighted by Crippen LogP contribution is 2.34. The summed E-state index contributed by atoms with van der Waals surface area (Å²) in [5.74, 6) is 1.66. The van der Waals surface area contributed by atoms with Crippen molar-refractivity contribution in [1.29, 1.82) is 0 Å². The highest BCUT2D eigenvalue weighted by Gasteiger charge is 2.22. The van der Waals surface area contributed by atoms with Crippen LogP contribution < -0.4 is 9.47 Å². The molecule has 166 valence electrons. The molecule has 0 bridgehead atoms. The minimum Gasteiger partial charge on any atom is -0.507 e. The number of aromatic hydroxyl groups is 1. The van der Waals surface area contributed by atoms with E-state index in [1.807, 2.05) is 42.5 Å². The Bertz CT molecular complexity index is 1060. The zero-order valence-electron chi connectivity index (χ0n) is 18.4. The highest BCUT2D eigenvalue weighted by molar-refractivity contribution is 5.99. The number of benzene rings is 2. The molecular weight excluding hydrogens is 402 g/mol. The van der Waals surface area contributed by atoms with Crippen molar-refractivity contribution in [2.75, 3.05) is 0 Å². The molecule has 1 aliphatic rings. The van der Waals surface area contributed by atoms with Crippen LogP contribution >= 0.6 is 0 Å². The van der Waals surface area contributed by atoms with E-state index in [0.717, 1.165) is 24.0 Å². The van der Waals surface area contributed by atoms with E-state index in [2.05, 4.69) is 4.98 Å². The Morgan fingerprint density at radius 1 is 1.00 bits per heavy atom. The Balaban J connectivity index is 1.37. The molecule has 0 spiro atoms. The molecule has 2 aromatic carbocycles. The summed E-state index contributed by atoms with van der Waals surface area (Å²) in [6, 6.07) is 17.0. The van der Waals surface area contributed by atoms with E-state index in [1.165, 1.54) is 12.8 Å². The van der Waals surface area contributed by atoms with E-state index in [1.54, 1.807) is 25.3 Å². The van der Waals surface area contributed by atoms with Gasteiger partial charge in [0.2, 0.25) is 5.88 Å². The van der Waals surface area contributed by atoms with E-state index >= 15 is 0 Å². The smallest absolute Gasteiger partial charge is 0.213 e. The second-order valence-electron chi connectivity index (χ2n) is 8.43. The zero-order valence-corrected chi connectivity index (χ0v) is 18.4. The summed E-state index contributed by atoms with van der Waals surface area (Å²) >= 11 is 0. The number of pyridine rings is 1. The number of Topliss-reactive ketones (excluding diaryl/α,β-unsaturated/α-hetero) is 1. The Morgan fingerprint density at radius 3 is 2.47 bits per heavy atom. The maximum Gasteiger partial charge on any atom is 0.213 e. The van der Waals surface area contributed by atoms with Crippen LogP contribution in [-0.4, -0.2) is 15.9 Å². The van der Waals surface area contributed by atoms with E-state index in [4.69, 9.17) is 9.47 Å². The standard InChI is InChI=1S/C27H29NO4/c1-19-25(13-12-23(27(19)30)24(29)16-20-7-2-3-8-20)31-17-21-9-6-10-22(15-21)18-32-26-11-4-5-14-28-26/h4-6,9-15,20,30H,2-3,7-8,16-18H2,1H3. The molecule has 1 heterocycles. The number of carbonyl (C=O) groups excluding carboxylic acids is 1. The number of ketones is 1. The quantitative estimate of drug-likeness (QED) is 0.420. The predicted octanol–water partition coefficient (Wildman–Crippen LogP) is 6.02. The Morgan fingerprint density at radius 2 is 1.75 bits per heavy atom. The van der Waals surface area contributed by atoms with Crippen molar-refractivity contribution in [2.45, 2.75) is 52.2 Å². The molecule has 0 aliphatic heterocycles. The van der Waals surface area contributed by atoms with Crippen LogP contribution in [0.4, 0.5) is 0 Å². The predicted molar refractivity (Wildman–Crippen MR) is 123 cm³/mol. The lowest BCUT2D eigenvalue weighted by atomic mass is 9.95. The van der Waals surface area contributed by atoms with Gasteiger partial charge >= 0.3 is 0 Å². The molecule has 1 aromatic heterocycles. The van der Waals surface area contributed by atoms with Gasteiger partial charge in [-0.1, -0.05) is 49.9 Å². The van der Waals surface area contributed by atoms with E-state index in [0.29, 0.717) is 48.3 Å². The van der Waals surface area contributed by atoms with Crippen LogP contribution in [0.1, 0.15) is 59.2 Å². The molecule has 1 saturated carbocycles. The van der Waals surface area contributed by atoms with Gasteiger partial charge in [-0.15, -0.1) is 0 Å². The molecule has 5 heteroatoms. The maximum atomic E-state index is 12.6. The van der Waals surface area contributed by atoms with Gasteiger partial charge in [-0.25, -0.2) is 4.98 Å². The minimum atomic E-state index is 0.0182. The molecule has 1 fully saturated rings. The molecule has 0 saturated heterocycles. The van der Waals surface area contributed by atoms with E-state index in [9.17, 15) is 9.90 Å². The number of hydrogen-bond acceptors (Lipinski definition) is 5. The Kier molecular flexibility index (Phi) is 7.05. The summed E-state index contributed by atoms with van der Waals surface area (Å²) in [4.78, 5) is 16.8. The summed E-state index contributed by atoms with van der Waals surface area (Å²) in [6.45, 7) is 2.56. The van der Waals surface area contributed by atoms with Crippen LogP contribution in [0, 0.1) is 12.8 Å². The van der Waals surface area contributed by atoms with Crippen LogP contribution in [-0.2, 0) is 13.2 Å². The third-order valence-corrected chi connectivity index (χ3v) is 6.04. The number of rotatable bonds is 9. The maximum absolute atomic E-state index is 12.6. The van der Waals surface area contributed by atoms with Gasteiger partial charge in [0, 0.05) is 24.2 Å². The van der Waals surface area contributed by atoms with Gasteiger partial charge in [0.05, 0.1) is 5.56 Å². The third kappa shape index (κ3) is 5.47. The number of nitrogens with zero attached hydrogens (tertiary/aromatic N) is 1. The number of phenols is 1. The van der Waals surface area contributed by atoms with Crippen LogP contribution in [0.15, 0.2) is 60.8 Å². The fourth-order valence-electron chi connectivity index (χ4n) is 4.21. The Labute approximate surface area is 189 Å². The fourth-order valence-corrected chi connectivity index (χ4v) is 4.21. The number of aromatic nitrogens is 1. The topological polar surface area (TPSA) is 68.7 Å². The van der Waals surface area contributed by atoms with Gasteiger partial charge < -0.3 is 14.6 Å². The lowest BCUT2D eigenvalue weighted by Crippen LogP contribution is -2.07. The van der Waals surface area contributed by atoms with Crippen molar-refractivity contribution < 1.29 is 19.4 Å². The lowest BCUT2D eigenvalue weighted by molar-refractivity contribution is 0.0959. The molecule has 3 aromatic rings. The molecule has 0 atom stereocenters. The number of ether oxygens (including phenoxy) is 2. The molecule has 0 unspecified atom stereocenters. The Hall–Kier alpha value is -3.34. The van der Waals surface area contributed by atoms with Gasteiger partial charge in [-0.3, -0.25) is 4.79 Å². The molecule has 4 rings (SSSR count). The van der Waals surface area contributed by atoms with Crippen LogP contribution in [0.5, 0.6) is 17.4 Å². The van der Waals surface area contributed by atoms with Crippen molar-refractivity contribution in [2.24, 2.45) is 5.92 Å². The fraction of sp³-hybridized carbons (Fsp3) is 0.333. The minimum absolute atomic E-state index is 0.0182. The van der Waals surface area contributed by atoms with Gasteiger partial charge in [0.1, 0.15) is 24.7 Å². The van der Waals surface area contributed by atoms with Crippen molar-refractivity contribution in [1.82, 2.24) is 4.98 Å². The lowest BCUT2D eigenvalue weighted by Gasteiger charge is -2.14. The molecule has 32 heavy (non-hydrogen) atoms. The van der Waals surface area contributed by atoms with Gasteiger partial charge in [-0.05, 0) is 48.2 Å². The average Bonchev–Trinajstić information content (AvgIpc) is 3.32. The normalized spacial score (nSPS) is 13.8. The molecule has 1 aliphatic carbocycles. The third-order valence-electron chi connectivity index (χ3n) is 6.04. The molecule has 0 radical (unpaired) electrons. The second-order valence-corrected chi connectivity index (χ2v) is 8.43. The van der Waals surface area contributed by atoms with E-state index < -0.39 is 0 Å². The zero-order chi connectivity index (χ0) is 22.3.